The van der Waals surface area contributed by atoms with Gasteiger partial charge >= 0.3 is 5.97 Å². The second-order valence-corrected chi connectivity index (χ2v) is 5.49. The van der Waals surface area contributed by atoms with Crippen molar-refractivity contribution >= 4 is 17.3 Å². The molecule has 2 aromatic heterocycles. The summed E-state index contributed by atoms with van der Waals surface area (Å²) in [7, 11) is 0. The number of hydrogen-bond donors (Lipinski definition) is 2. The molecule has 1 aliphatic heterocycles. The number of hydrogen-bond acceptors (Lipinski definition) is 6. The lowest BCUT2D eigenvalue weighted by Gasteiger charge is -2.29. The number of carboxylic acid groups (broad SMARTS) is 1. The van der Waals surface area contributed by atoms with Gasteiger partial charge in [-0.05, 0) is 37.4 Å². The molecule has 100 valence electrons. The Morgan fingerprint density at radius 3 is 2.89 bits per heavy atom. The second-order valence-electron chi connectivity index (χ2n) is 4.54. The van der Waals surface area contributed by atoms with Crippen molar-refractivity contribution < 1.29 is 14.4 Å². The first-order valence-corrected chi connectivity index (χ1v) is 6.92. The van der Waals surface area contributed by atoms with Crippen molar-refractivity contribution in [2.75, 3.05) is 13.1 Å². The van der Waals surface area contributed by atoms with Crippen molar-refractivity contribution in [3.8, 4) is 10.7 Å². The molecule has 0 aromatic carbocycles. The fourth-order valence-electron chi connectivity index (χ4n) is 2.30. The van der Waals surface area contributed by atoms with Gasteiger partial charge in [0.1, 0.15) is 5.41 Å². The molecule has 0 unspecified atom stereocenters. The van der Waals surface area contributed by atoms with Crippen LogP contribution in [0.25, 0.3) is 10.7 Å². The van der Waals surface area contributed by atoms with Crippen LogP contribution < -0.4 is 5.32 Å². The lowest BCUT2D eigenvalue weighted by Crippen LogP contribution is -2.45. The molecule has 7 heteroatoms. The summed E-state index contributed by atoms with van der Waals surface area (Å²) in [5, 5.41) is 18.5. The Labute approximate surface area is 113 Å². The molecule has 3 rings (SSSR count). The molecule has 1 aliphatic rings. The van der Waals surface area contributed by atoms with Crippen LogP contribution in [0.1, 0.15) is 18.7 Å². The highest BCUT2D eigenvalue weighted by molar-refractivity contribution is 7.13. The Morgan fingerprint density at radius 2 is 2.26 bits per heavy atom. The molecule has 0 aliphatic carbocycles. The van der Waals surface area contributed by atoms with E-state index >= 15 is 0 Å². The number of nitrogens with zero attached hydrogens (tertiary/aromatic N) is 2. The Bertz CT molecular complexity index is 573. The van der Waals surface area contributed by atoms with Crippen molar-refractivity contribution in [2.24, 2.45) is 0 Å². The second kappa shape index (κ2) is 4.75. The summed E-state index contributed by atoms with van der Waals surface area (Å²) in [6.45, 7) is 1.28. The van der Waals surface area contributed by atoms with E-state index in [0.29, 0.717) is 31.8 Å². The van der Waals surface area contributed by atoms with Crippen molar-refractivity contribution in [1.82, 2.24) is 15.5 Å². The largest absolute Gasteiger partial charge is 0.480 e. The summed E-state index contributed by atoms with van der Waals surface area (Å²) in [4.78, 5) is 16.8. The van der Waals surface area contributed by atoms with Crippen molar-refractivity contribution in [3.05, 3.63) is 23.4 Å². The Morgan fingerprint density at radius 1 is 1.47 bits per heavy atom. The predicted molar refractivity (Wildman–Crippen MR) is 69.0 cm³/mol. The van der Waals surface area contributed by atoms with Crippen LogP contribution in [0, 0.1) is 0 Å². The Hall–Kier alpha value is -1.73. The number of carbonyl (C=O) groups is 1. The summed E-state index contributed by atoms with van der Waals surface area (Å²) in [5.74, 6) is -0.218. The van der Waals surface area contributed by atoms with Crippen LogP contribution in [0.15, 0.2) is 22.0 Å². The molecule has 0 bridgehead atoms. The van der Waals surface area contributed by atoms with Crippen LogP contribution in [0.3, 0.4) is 0 Å². The third-order valence-electron chi connectivity index (χ3n) is 3.44. The van der Waals surface area contributed by atoms with E-state index in [1.807, 2.05) is 17.5 Å². The number of piperidine rings is 1. The smallest absolute Gasteiger partial charge is 0.319 e. The van der Waals surface area contributed by atoms with Gasteiger partial charge in [0, 0.05) is 0 Å². The normalized spacial score (nSPS) is 18.3. The maximum atomic E-state index is 11.6. The number of nitrogens with one attached hydrogen (secondary N) is 1. The molecule has 0 radical (unpaired) electrons. The standard InChI is InChI=1S/C12H13N3O3S/c16-11(17)12(3-5-13-6-4-12)10-14-9(15-18-10)8-2-1-7-19-8/h1-2,7,13H,3-6H2,(H,16,17). The SMILES string of the molecule is O=C(O)C1(c2nc(-c3cccs3)no2)CCNCC1. The number of aliphatic carboxylic acids is 1. The van der Waals surface area contributed by atoms with Crippen LogP contribution in [0.2, 0.25) is 0 Å². The maximum absolute atomic E-state index is 11.6. The molecule has 3 heterocycles. The molecule has 0 atom stereocenters. The van der Waals surface area contributed by atoms with Crippen LogP contribution in [-0.2, 0) is 10.2 Å². The monoisotopic (exact) mass is 279 g/mol. The highest BCUT2D eigenvalue weighted by Gasteiger charge is 2.46. The van der Waals surface area contributed by atoms with Crippen LogP contribution in [-0.4, -0.2) is 34.3 Å². The van der Waals surface area contributed by atoms with E-state index in [0.717, 1.165) is 4.88 Å². The molecular weight excluding hydrogens is 266 g/mol. The van der Waals surface area contributed by atoms with E-state index in [2.05, 4.69) is 15.5 Å². The van der Waals surface area contributed by atoms with E-state index in [-0.39, 0.29) is 5.89 Å². The lowest BCUT2D eigenvalue weighted by molar-refractivity contribution is -0.146. The highest BCUT2D eigenvalue weighted by atomic mass is 32.1. The Kier molecular flexibility index (Phi) is 3.08. The van der Waals surface area contributed by atoms with Crippen LogP contribution >= 0.6 is 11.3 Å². The molecule has 0 saturated carbocycles. The Balaban J connectivity index is 1.98. The van der Waals surface area contributed by atoms with Crippen LogP contribution in [0.4, 0.5) is 0 Å². The highest BCUT2D eigenvalue weighted by Crippen LogP contribution is 2.34. The number of aromatic nitrogens is 2. The van der Waals surface area contributed by atoms with E-state index in [4.69, 9.17) is 4.52 Å². The van der Waals surface area contributed by atoms with E-state index in [1.165, 1.54) is 11.3 Å². The molecular formula is C12H13N3O3S. The zero-order valence-electron chi connectivity index (χ0n) is 10.1. The number of carboxylic acids is 1. The first kappa shape index (κ1) is 12.3. The molecule has 0 amide bonds. The molecule has 2 N–H and O–H groups in total. The first-order valence-electron chi connectivity index (χ1n) is 6.04. The van der Waals surface area contributed by atoms with Gasteiger partial charge in [0.05, 0.1) is 4.88 Å². The van der Waals surface area contributed by atoms with Gasteiger partial charge in [0.15, 0.2) is 0 Å². The van der Waals surface area contributed by atoms with Gasteiger partial charge in [-0.25, -0.2) is 0 Å². The number of thiophene rings is 1. The fourth-order valence-corrected chi connectivity index (χ4v) is 2.95. The minimum absolute atomic E-state index is 0.213. The first-order chi connectivity index (χ1) is 9.22. The summed E-state index contributed by atoms with van der Waals surface area (Å²) < 4.78 is 5.23. The average molecular weight is 279 g/mol. The zero-order valence-corrected chi connectivity index (χ0v) is 10.9. The molecule has 1 saturated heterocycles. The van der Waals surface area contributed by atoms with E-state index in [1.54, 1.807) is 0 Å². The summed E-state index contributed by atoms with van der Waals surface area (Å²) >= 11 is 1.50. The quantitative estimate of drug-likeness (QED) is 0.885. The lowest BCUT2D eigenvalue weighted by atomic mass is 9.79. The minimum Gasteiger partial charge on any atom is -0.480 e. The summed E-state index contributed by atoms with van der Waals surface area (Å²) in [5.41, 5.74) is -1.05. The van der Waals surface area contributed by atoms with Crippen molar-refractivity contribution in [3.63, 3.8) is 0 Å². The number of rotatable bonds is 3. The summed E-state index contributed by atoms with van der Waals surface area (Å²) in [6.07, 6.45) is 0.933. The van der Waals surface area contributed by atoms with Crippen molar-refractivity contribution in [2.45, 2.75) is 18.3 Å². The minimum atomic E-state index is -1.05. The molecule has 1 fully saturated rings. The van der Waals surface area contributed by atoms with Gasteiger partial charge < -0.3 is 14.9 Å². The van der Waals surface area contributed by atoms with E-state index < -0.39 is 11.4 Å². The molecule has 0 spiro atoms. The van der Waals surface area contributed by atoms with Gasteiger partial charge in [-0.15, -0.1) is 11.3 Å². The molecule has 6 nitrogen and oxygen atoms in total. The van der Waals surface area contributed by atoms with Gasteiger partial charge in [-0.3, -0.25) is 4.79 Å². The third-order valence-corrected chi connectivity index (χ3v) is 4.31. The topological polar surface area (TPSA) is 88.2 Å². The van der Waals surface area contributed by atoms with Gasteiger partial charge in [0.2, 0.25) is 11.7 Å². The fraction of sp³-hybridized carbons (Fsp3) is 0.417. The van der Waals surface area contributed by atoms with Gasteiger partial charge in [-0.2, -0.15) is 4.98 Å². The summed E-state index contributed by atoms with van der Waals surface area (Å²) in [6, 6.07) is 3.78. The van der Waals surface area contributed by atoms with Crippen LogP contribution in [0.5, 0.6) is 0 Å². The third kappa shape index (κ3) is 2.04. The average Bonchev–Trinajstić information content (AvgIpc) is 3.10. The van der Waals surface area contributed by atoms with E-state index in [9.17, 15) is 9.90 Å². The molecule has 19 heavy (non-hydrogen) atoms. The van der Waals surface area contributed by atoms with Gasteiger partial charge in [-0.1, -0.05) is 11.2 Å². The predicted octanol–water partition coefficient (Wildman–Crippen LogP) is 1.50. The zero-order chi connectivity index (χ0) is 13.3. The van der Waals surface area contributed by atoms with Gasteiger partial charge in [0.25, 0.3) is 0 Å². The molecule has 2 aromatic rings. The maximum Gasteiger partial charge on any atom is 0.319 e. The van der Waals surface area contributed by atoms with Crippen molar-refractivity contribution in [1.29, 1.82) is 0 Å².